The van der Waals surface area contributed by atoms with Gasteiger partial charge < -0.3 is 5.11 Å². The number of allylic oxidation sites excluding steroid dienone is 2. The Kier molecular flexibility index (Phi) is 11.3. The first-order valence-corrected chi connectivity index (χ1v) is 12.5. The van der Waals surface area contributed by atoms with Gasteiger partial charge in [-0.05, 0) is 41.6 Å². The number of carbonyl (C=O) groups is 1. The number of ketones is 1. The molecule has 0 unspecified atom stereocenters. The van der Waals surface area contributed by atoms with Crippen LogP contribution in [0.25, 0.3) is 22.2 Å². The van der Waals surface area contributed by atoms with Gasteiger partial charge in [0.25, 0.3) is 0 Å². The molecule has 0 bridgehead atoms. The van der Waals surface area contributed by atoms with Gasteiger partial charge in [-0.15, -0.1) is 34.9 Å². The van der Waals surface area contributed by atoms with Crippen LogP contribution in [0.5, 0.6) is 0 Å². The maximum Gasteiger partial charge on any atom is 0.164 e. The maximum atomic E-state index is 11.5. The van der Waals surface area contributed by atoms with Crippen LogP contribution >= 0.6 is 0 Å². The number of hydrogen-bond donors (Lipinski definition) is 1. The summed E-state index contributed by atoms with van der Waals surface area (Å²) in [5.74, 6) is 0.104. The zero-order valence-electron chi connectivity index (χ0n) is 23.6. The molecule has 0 atom stereocenters. The van der Waals surface area contributed by atoms with Crippen molar-refractivity contribution in [2.24, 2.45) is 10.8 Å². The predicted octanol–water partition coefficient (Wildman–Crippen LogP) is 8.53. The van der Waals surface area contributed by atoms with E-state index in [4.69, 9.17) is 4.98 Å². The Hall–Kier alpha value is -2.29. The molecule has 4 heteroatoms. The average Bonchev–Trinajstić information content (AvgIpc) is 2.76. The Labute approximate surface area is 231 Å². The van der Waals surface area contributed by atoms with Crippen LogP contribution in [-0.2, 0) is 37.7 Å². The largest absolute Gasteiger partial charge is 0.512 e. The van der Waals surface area contributed by atoms with Crippen LogP contribution < -0.4 is 0 Å². The van der Waals surface area contributed by atoms with Crippen LogP contribution in [0.1, 0.15) is 77.6 Å². The number of nitrogens with zero attached hydrogens (tertiary/aromatic N) is 1. The fourth-order valence-corrected chi connectivity index (χ4v) is 3.57. The molecule has 3 aromatic rings. The van der Waals surface area contributed by atoms with Crippen molar-refractivity contribution >= 4 is 16.7 Å². The first-order valence-electron chi connectivity index (χ1n) is 12.5. The Morgan fingerprint density at radius 2 is 1.58 bits per heavy atom. The van der Waals surface area contributed by atoms with Crippen LogP contribution in [0.4, 0.5) is 0 Å². The fourth-order valence-electron chi connectivity index (χ4n) is 3.57. The van der Waals surface area contributed by atoms with Gasteiger partial charge in [0.1, 0.15) is 5.76 Å². The summed E-state index contributed by atoms with van der Waals surface area (Å²) in [4.78, 5) is 16.4. The molecule has 3 nitrogen and oxygen atoms in total. The van der Waals surface area contributed by atoms with Crippen LogP contribution in [0, 0.1) is 30.7 Å². The van der Waals surface area contributed by atoms with E-state index in [2.05, 4.69) is 70.2 Å². The molecule has 0 fully saturated rings. The van der Waals surface area contributed by atoms with Crippen molar-refractivity contribution in [2.75, 3.05) is 0 Å². The molecular weight excluding hydrogens is 623 g/mol. The quantitative estimate of drug-likeness (QED) is 0.173. The third-order valence-corrected chi connectivity index (χ3v) is 5.93. The molecular formula is C32H42IrNO2-. The molecule has 0 aliphatic heterocycles. The molecule has 1 N–H and O–H groups in total. The van der Waals surface area contributed by atoms with Crippen molar-refractivity contribution < 1.29 is 30.0 Å². The SMILES string of the molecule is CC(C)(C)C(=O)/C=C(\O)C(C)(C)C.CCc1ccc2nc(-c3[c-]c(C)cc(C)c3)c(CC)cc2c1.[Ir]. The average molecular weight is 665 g/mol. The summed E-state index contributed by atoms with van der Waals surface area (Å²) in [6, 6.07) is 16.7. The fraction of sp³-hybridized carbons (Fsp3) is 0.438. The number of aryl methyl sites for hydroxylation is 4. The molecule has 1 heterocycles. The second-order valence-corrected chi connectivity index (χ2v) is 11.4. The molecule has 3 rings (SSSR count). The molecule has 1 aromatic heterocycles. The number of carbonyl (C=O) groups excluding carboxylic acids is 1. The van der Waals surface area contributed by atoms with Crippen molar-refractivity contribution in [3.63, 3.8) is 0 Å². The van der Waals surface area contributed by atoms with Gasteiger partial charge in [0.05, 0.1) is 5.52 Å². The Bertz CT molecular complexity index is 1210. The van der Waals surface area contributed by atoms with Crippen molar-refractivity contribution in [1.82, 2.24) is 4.98 Å². The van der Waals surface area contributed by atoms with E-state index in [1.807, 2.05) is 41.5 Å². The third-order valence-electron chi connectivity index (χ3n) is 5.93. The van der Waals surface area contributed by atoms with Crippen LogP contribution in [-0.4, -0.2) is 15.9 Å². The standard InChI is InChI=1S/C21H22N.C11H20O2.Ir/c1-5-16-7-8-20-18(12-16)13-17(6-2)21(22-20)19-10-14(3)9-15(4)11-19;1-10(2,3)8(12)7-9(13)11(4,5)6;/h7-10,12-13H,5-6H2,1-4H3;7,12H,1-6H3;/q-1;;/b;8-7-;. The smallest absolute Gasteiger partial charge is 0.164 e. The van der Waals surface area contributed by atoms with E-state index in [0.717, 1.165) is 29.6 Å². The molecule has 1 radical (unpaired) electrons. The number of rotatable bonds is 4. The molecule has 0 aliphatic carbocycles. The number of benzene rings is 2. The molecule has 36 heavy (non-hydrogen) atoms. The minimum Gasteiger partial charge on any atom is -0.512 e. The van der Waals surface area contributed by atoms with Gasteiger partial charge >= 0.3 is 0 Å². The topological polar surface area (TPSA) is 50.2 Å². The van der Waals surface area contributed by atoms with E-state index in [1.54, 1.807) is 0 Å². The van der Waals surface area contributed by atoms with Gasteiger partial charge in [0.2, 0.25) is 0 Å². The van der Waals surface area contributed by atoms with Crippen molar-refractivity contribution in [1.29, 1.82) is 0 Å². The van der Waals surface area contributed by atoms with Crippen LogP contribution in [0.2, 0.25) is 0 Å². The van der Waals surface area contributed by atoms with Gasteiger partial charge in [-0.25, -0.2) is 0 Å². The Morgan fingerprint density at radius 1 is 0.944 bits per heavy atom. The van der Waals surface area contributed by atoms with E-state index < -0.39 is 5.41 Å². The predicted molar refractivity (Wildman–Crippen MR) is 149 cm³/mol. The number of pyridine rings is 1. The number of aromatic nitrogens is 1. The van der Waals surface area contributed by atoms with Crippen LogP contribution in [0.3, 0.4) is 0 Å². The first kappa shape index (κ1) is 31.7. The van der Waals surface area contributed by atoms with E-state index in [-0.39, 0.29) is 37.1 Å². The molecule has 2 aromatic carbocycles. The summed E-state index contributed by atoms with van der Waals surface area (Å²) in [6.45, 7) is 19.7. The van der Waals surface area contributed by atoms with Gasteiger partial charge in [-0.3, -0.25) is 9.78 Å². The monoisotopic (exact) mass is 665 g/mol. The molecule has 0 saturated heterocycles. The summed E-state index contributed by atoms with van der Waals surface area (Å²) < 4.78 is 0. The van der Waals surface area contributed by atoms with Gasteiger partial charge in [-0.2, -0.15) is 0 Å². The van der Waals surface area contributed by atoms with Crippen molar-refractivity contribution in [3.05, 3.63) is 76.6 Å². The first-order chi connectivity index (χ1) is 16.1. The Morgan fingerprint density at radius 3 is 2.08 bits per heavy atom. The molecule has 0 amide bonds. The maximum absolute atomic E-state index is 11.5. The number of fused-ring (bicyclic) bond motifs is 1. The number of aliphatic hydroxyl groups excluding tert-OH is 1. The molecule has 197 valence electrons. The number of aliphatic hydroxyl groups is 1. The van der Waals surface area contributed by atoms with Crippen LogP contribution in [0.15, 0.2) is 48.2 Å². The van der Waals surface area contributed by atoms with Crippen molar-refractivity contribution in [3.8, 4) is 11.3 Å². The Balaban J connectivity index is 0.000000402. The third kappa shape index (κ3) is 8.68. The van der Waals surface area contributed by atoms with Gasteiger partial charge in [0.15, 0.2) is 5.78 Å². The summed E-state index contributed by atoms with van der Waals surface area (Å²) in [6.07, 6.45) is 3.37. The van der Waals surface area contributed by atoms with E-state index in [1.165, 1.54) is 33.7 Å². The summed E-state index contributed by atoms with van der Waals surface area (Å²) in [7, 11) is 0. The molecule has 0 saturated carbocycles. The summed E-state index contributed by atoms with van der Waals surface area (Å²) in [5.41, 5.74) is 7.57. The summed E-state index contributed by atoms with van der Waals surface area (Å²) >= 11 is 0. The minimum absolute atomic E-state index is 0. The zero-order chi connectivity index (χ0) is 26.6. The van der Waals surface area contributed by atoms with Gasteiger partial charge in [-0.1, -0.05) is 86.9 Å². The number of hydrogen-bond acceptors (Lipinski definition) is 3. The zero-order valence-corrected chi connectivity index (χ0v) is 26.0. The van der Waals surface area contributed by atoms with Gasteiger partial charge in [0, 0.05) is 37.0 Å². The van der Waals surface area contributed by atoms with E-state index >= 15 is 0 Å². The second kappa shape index (κ2) is 12.8. The summed E-state index contributed by atoms with van der Waals surface area (Å²) in [5, 5.41) is 10.8. The molecule has 0 spiro atoms. The molecule has 0 aliphatic rings. The van der Waals surface area contributed by atoms with E-state index in [9.17, 15) is 9.90 Å². The second-order valence-electron chi connectivity index (χ2n) is 11.4. The van der Waals surface area contributed by atoms with E-state index in [0.29, 0.717) is 0 Å². The minimum atomic E-state index is -0.417. The van der Waals surface area contributed by atoms with Crippen molar-refractivity contribution in [2.45, 2.75) is 82.1 Å². The normalized spacial score (nSPS) is 12.0.